The fourth-order valence-electron chi connectivity index (χ4n) is 2.38. The van der Waals surface area contributed by atoms with E-state index in [1.165, 1.54) is 4.88 Å². The first kappa shape index (κ1) is 22.6. The van der Waals surface area contributed by atoms with E-state index in [4.69, 9.17) is 0 Å². The molecular weight excluding hydrogens is 421 g/mol. The summed E-state index contributed by atoms with van der Waals surface area (Å²) in [6.45, 7) is 16.5. The van der Waals surface area contributed by atoms with Crippen molar-refractivity contribution >= 4 is 41.3 Å². The van der Waals surface area contributed by atoms with E-state index in [-0.39, 0.29) is 24.0 Å². The summed E-state index contributed by atoms with van der Waals surface area (Å²) in [4.78, 5) is 12.7. The van der Waals surface area contributed by atoms with Gasteiger partial charge in [-0.3, -0.25) is 4.90 Å². The molecule has 0 bridgehead atoms. The third-order valence-electron chi connectivity index (χ3n) is 3.37. The van der Waals surface area contributed by atoms with Gasteiger partial charge in [0.1, 0.15) is 5.01 Å². The highest BCUT2D eigenvalue weighted by molar-refractivity contribution is 14.0. The second kappa shape index (κ2) is 12.0. The van der Waals surface area contributed by atoms with Crippen LogP contribution in [0.25, 0.3) is 0 Å². The average Bonchev–Trinajstić information content (AvgIpc) is 2.85. The number of rotatable bonds is 8. The topological polar surface area (TPSA) is 52.6 Å². The monoisotopic (exact) mass is 453 g/mol. The van der Waals surface area contributed by atoms with Crippen LogP contribution in [0.1, 0.15) is 44.5 Å². The third kappa shape index (κ3) is 8.85. The molecule has 1 aromatic heterocycles. The van der Waals surface area contributed by atoms with Crippen molar-refractivity contribution in [3.05, 3.63) is 16.1 Å². The summed E-state index contributed by atoms with van der Waals surface area (Å²) >= 11 is 1.70. The molecule has 0 aliphatic rings. The molecule has 0 amide bonds. The van der Waals surface area contributed by atoms with E-state index in [1.54, 1.807) is 11.3 Å². The number of hydrogen-bond donors (Lipinski definition) is 2. The van der Waals surface area contributed by atoms with E-state index >= 15 is 0 Å². The van der Waals surface area contributed by atoms with Crippen molar-refractivity contribution in [1.82, 2.24) is 20.5 Å². The molecule has 0 aliphatic heterocycles. The van der Waals surface area contributed by atoms with E-state index in [0.29, 0.717) is 18.6 Å². The molecule has 1 aromatic rings. The van der Waals surface area contributed by atoms with Crippen LogP contribution < -0.4 is 10.6 Å². The number of hydrogen-bond acceptors (Lipinski definition) is 4. The molecule has 0 saturated carbocycles. The quantitative estimate of drug-likeness (QED) is 0.361. The van der Waals surface area contributed by atoms with E-state index < -0.39 is 0 Å². The van der Waals surface area contributed by atoms with Crippen LogP contribution in [0, 0.1) is 6.92 Å². The molecule has 0 saturated heterocycles. The minimum atomic E-state index is 0. The van der Waals surface area contributed by atoms with Crippen LogP contribution >= 0.6 is 35.3 Å². The van der Waals surface area contributed by atoms with Crippen molar-refractivity contribution in [2.45, 2.75) is 60.2 Å². The van der Waals surface area contributed by atoms with Gasteiger partial charge in [0.05, 0.1) is 6.54 Å². The lowest BCUT2D eigenvalue weighted by Crippen LogP contribution is -2.45. The molecule has 0 atom stereocenters. The molecule has 0 fully saturated rings. The second-order valence-electron chi connectivity index (χ2n) is 5.91. The van der Waals surface area contributed by atoms with Gasteiger partial charge in [0.25, 0.3) is 0 Å². The Bertz CT molecular complexity index is 451. The first-order chi connectivity index (χ1) is 10.4. The summed E-state index contributed by atoms with van der Waals surface area (Å²) < 4.78 is 0. The number of nitrogens with one attached hydrogen (secondary N) is 2. The Hall–Kier alpha value is -0.410. The van der Waals surface area contributed by atoms with Gasteiger partial charge in [-0.15, -0.1) is 35.3 Å². The summed E-state index contributed by atoms with van der Waals surface area (Å²) in [6.07, 6.45) is 1.90. The Balaban J connectivity index is 0.00000484. The molecule has 0 aromatic carbocycles. The number of guanidine groups is 1. The normalized spacial score (nSPS) is 12.0. The van der Waals surface area contributed by atoms with E-state index in [2.05, 4.69) is 67.1 Å². The van der Waals surface area contributed by atoms with Crippen molar-refractivity contribution in [2.75, 3.05) is 19.6 Å². The first-order valence-corrected chi connectivity index (χ1v) is 8.94. The lowest BCUT2D eigenvalue weighted by molar-refractivity contribution is 0.178. The fraction of sp³-hybridized carbons (Fsp3) is 0.750. The van der Waals surface area contributed by atoms with Gasteiger partial charge in [0.15, 0.2) is 5.96 Å². The van der Waals surface area contributed by atoms with Crippen LogP contribution in [0.3, 0.4) is 0 Å². The maximum Gasteiger partial charge on any atom is 0.191 e. The summed E-state index contributed by atoms with van der Waals surface area (Å²) in [5, 5.41) is 7.76. The molecular formula is C16H32IN5S. The standard InChI is InChI=1S/C16H31N5S.HI/c1-7-17-16(20-11-15-19-10-14(6)22-15)18-8-9-21(12(2)3)13(4)5;/h10,12-13H,7-9,11H2,1-6H3,(H2,17,18,20);1H. The number of halogens is 1. The van der Waals surface area contributed by atoms with Gasteiger partial charge in [-0.1, -0.05) is 0 Å². The van der Waals surface area contributed by atoms with E-state index in [9.17, 15) is 0 Å². The van der Waals surface area contributed by atoms with Gasteiger partial charge in [-0.25, -0.2) is 9.98 Å². The van der Waals surface area contributed by atoms with Crippen molar-refractivity contribution in [1.29, 1.82) is 0 Å². The maximum atomic E-state index is 4.61. The number of aromatic nitrogens is 1. The van der Waals surface area contributed by atoms with Crippen LogP contribution in [0.2, 0.25) is 0 Å². The van der Waals surface area contributed by atoms with Gasteiger partial charge in [-0.2, -0.15) is 0 Å². The highest BCUT2D eigenvalue weighted by Gasteiger charge is 2.12. The molecule has 0 radical (unpaired) electrons. The minimum Gasteiger partial charge on any atom is -0.357 e. The van der Waals surface area contributed by atoms with Crippen LogP contribution in [0.5, 0.6) is 0 Å². The summed E-state index contributed by atoms with van der Waals surface area (Å²) in [5.41, 5.74) is 0. The van der Waals surface area contributed by atoms with Crippen LogP contribution in [-0.4, -0.2) is 47.6 Å². The zero-order chi connectivity index (χ0) is 16.5. The largest absolute Gasteiger partial charge is 0.357 e. The molecule has 7 heteroatoms. The number of nitrogens with zero attached hydrogens (tertiary/aromatic N) is 3. The number of aliphatic imine (C=N–C) groups is 1. The van der Waals surface area contributed by atoms with Crippen molar-refractivity contribution < 1.29 is 0 Å². The maximum absolute atomic E-state index is 4.61. The highest BCUT2D eigenvalue weighted by atomic mass is 127. The molecule has 2 N–H and O–H groups in total. The SMILES string of the molecule is CCNC(=NCc1ncc(C)s1)NCCN(C(C)C)C(C)C.I. The highest BCUT2D eigenvalue weighted by Crippen LogP contribution is 2.11. The summed E-state index contributed by atoms with van der Waals surface area (Å²) in [7, 11) is 0. The first-order valence-electron chi connectivity index (χ1n) is 8.13. The van der Waals surface area contributed by atoms with Gasteiger partial charge in [-0.05, 0) is 41.5 Å². The fourth-order valence-corrected chi connectivity index (χ4v) is 3.09. The Morgan fingerprint density at radius 3 is 2.39 bits per heavy atom. The predicted molar refractivity (Wildman–Crippen MR) is 112 cm³/mol. The molecule has 134 valence electrons. The minimum absolute atomic E-state index is 0. The Kier molecular flexibility index (Phi) is 11.8. The van der Waals surface area contributed by atoms with Crippen molar-refractivity contribution in [2.24, 2.45) is 4.99 Å². The second-order valence-corrected chi connectivity index (χ2v) is 7.23. The summed E-state index contributed by atoms with van der Waals surface area (Å²) in [6, 6.07) is 1.11. The smallest absolute Gasteiger partial charge is 0.191 e. The molecule has 1 heterocycles. The van der Waals surface area contributed by atoms with Crippen LogP contribution in [0.15, 0.2) is 11.2 Å². The number of aryl methyl sites for hydroxylation is 1. The molecule has 0 spiro atoms. The van der Waals surface area contributed by atoms with Crippen molar-refractivity contribution in [3.63, 3.8) is 0 Å². The zero-order valence-corrected chi connectivity index (χ0v) is 18.4. The van der Waals surface area contributed by atoms with E-state index in [1.807, 2.05) is 6.20 Å². The zero-order valence-electron chi connectivity index (χ0n) is 15.2. The number of thiazole rings is 1. The van der Waals surface area contributed by atoms with Crippen LogP contribution in [-0.2, 0) is 6.54 Å². The van der Waals surface area contributed by atoms with Crippen LogP contribution in [0.4, 0.5) is 0 Å². The predicted octanol–water partition coefficient (Wildman–Crippen LogP) is 3.24. The molecule has 1 rings (SSSR count). The Labute approximate surface area is 162 Å². The average molecular weight is 453 g/mol. The van der Waals surface area contributed by atoms with Gasteiger partial charge in [0, 0.05) is 42.8 Å². The van der Waals surface area contributed by atoms with E-state index in [0.717, 1.165) is 30.6 Å². The molecule has 5 nitrogen and oxygen atoms in total. The van der Waals surface area contributed by atoms with Gasteiger partial charge in [0.2, 0.25) is 0 Å². The lowest BCUT2D eigenvalue weighted by atomic mass is 10.2. The van der Waals surface area contributed by atoms with Crippen molar-refractivity contribution in [3.8, 4) is 0 Å². The molecule has 23 heavy (non-hydrogen) atoms. The third-order valence-corrected chi connectivity index (χ3v) is 4.27. The Morgan fingerprint density at radius 2 is 1.91 bits per heavy atom. The molecule has 0 aliphatic carbocycles. The Morgan fingerprint density at radius 1 is 1.26 bits per heavy atom. The molecule has 0 unspecified atom stereocenters. The lowest BCUT2D eigenvalue weighted by Gasteiger charge is -2.30. The summed E-state index contributed by atoms with van der Waals surface area (Å²) in [5.74, 6) is 0.864. The van der Waals surface area contributed by atoms with Gasteiger partial charge >= 0.3 is 0 Å². The van der Waals surface area contributed by atoms with Gasteiger partial charge < -0.3 is 10.6 Å².